The van der Waals surface area contributed by atoms with Crippen molar-refractivity contribution in [3.05, 3.63) is 76.0 Å². The SMILES string of the molecule is Cc1ccc(C(C)C)c(Oc2ccc(N3C[C@@H](C(=O)OCC(=O)c4cccs4)CC3=O)cc2)c1. The molecule has 0 saturated carbocycles. The maximum Gasteiger partial charge on any atom is 0.311 e. The van der Waals surface area contributed by atoms with Gasteiger partial charge in [-0.1, -0.05) is 32.0 Å². The predicted molar refractivity (Wildman–Crippen MR) is 132 cm³/mol. The molecule has 3 aromatic rings. The highest BCUT2D eigenvalue weighted by Crippen LogP contribution is 2.33. The maximum atomic E-state index is 12.6. The van der Waals surface area contributed by atoms with Gasteiger partial charge in [0, 0.05) is 18.7 Å². The number of carbonyl (C=O) groups is 3. The molecule has 1 aromatic heterocycles. The number of hydrogen-bond acceptors (Lipinski definition) is 6. The van der Waals surface area contributed by atoms with E-state index in [4.69, 9.17) is 9.47 Å². The summed E-state index contributed by atoms with van der Waals surface area (Å²) in [5, 5.41) is 1.79. The second kappa shape index (κ2) is 10.2. The standard InChI is InChI=1S/C27H27NO5S/c1-17(2)22-11-6-18(3)13-24(22)33-21-9-7-20(8-10-21)28-15-19(14-26(28)30)27(31)32-16-23(29)25-5-4-12-34-25/h4-13,17,19H,14-16H2,1-3H3/t19-/m0/s1. The van der Waals surface area contributed by atoms with Crippen molar-refractivity contribution in [1.29, 1.82) is 0 Å². The number of ketones is 1. The van der Waals surface area contributed by atoms with Crippen molar-refractivity contribution in [3.8, 4) is 11.5 Å². The number of thiophene rings is 1. The summed E-state index contributed by atoms with van der Waals surface area (Å²) >= 11 is 1.30. The first-order valence-electron chi connectivity index (χ1n) is 11.2. The van der Waals surface area contributed by atoms with E-state index in [2.05, 4.69) is 26.0 Å². The quantitative estimate of drug-likeness (QED) is 0.305. The number of esters is 1. The molecule has 1 atom stereocenters. The van der Waals surface area contributed by atoms with Gasteiger partial charge in [-0.25, -0.2) is 0 Å². The van der Waals surface area contributed by atoms with Crippen LogP contribution in [0, 0.1) is 12.8 Å². The van der Waals surface area contributed by atoms with Gasteiger partial charge in [0.1, 0.15) is 11.5 Å². The zero-order valence-electron chi connectivity index (χ0n) is 19.4. The van der Waals surface area contributed by atoms with Crippen molar-refractivity contribution in [2.24, 2.45) is 5.92 Å². The summed E-state index contributed by atoms with van der Waals surface area (Å²) in [6.45, 7) is 6.19. The summed E-state index contributed by atoms with van der Waals surface area (Å²) in [5.41, 5.74) is 2.94. The second-order valence-electron chi connectivity index (χ2n) is 8.71. The first kappa shape index (κ1) is 23.7. The molecule has 0 N–H and O–H groups in total. The molecule has 2 aromatic carbocycles. The number of Topliss-reactive ketones (excluding diaryl/α,β-unsaturated/α-hetero) is 1. The average molecular weight is 478 g/mol. The van der Waals surface area contributed by atoms with Gasteiger partial charge in [-0.3, -0.25) is 14.4 Å². The van der Waals surface area contributed by atoms with E-state index >= 15 is 0 Å². The van der Waals surface area contributed by atoms with E-state index < -0.39 is 11.9 Å². The van der Waals surface area contributed by atoms with E-state index in [9.17, 15) is 14.4 Å². The predicted octanol–water partition coefficient (Wildman–Crippen LogP) is 5.75. The third-order valence-corrected chi connectivity index (χ3v) is 6.68. The number of hydrogen-bond donors (Lipinski definition) is 0. The molecule has 176 valence electrons. The van der Waals surface area contributed by atoms with Crippen LogP contribution in [0.5, 0.6) is 11.5 Å². The summed E-state index contributed by atoms with van der Waals surface area (Å²) < 4.78 is 11.3. The van der Waals surface area contributed by atoms with Crippen LogP contribution in [0.3, 0.4) is 0 Å². The van der Waals surface area contributed by atoms with Crippen LogP contribution in [0.4, 0.5) is 5.69 Å². The Bertz CT molecular complexity index is 1180. The number of ether oxygens (including phenoxy) is 2. The largest absolute Gasteiger partial charge is 0.457 e. The van der Waals surface area contributed by atoms with Gasteiger partial charge in [0.25, 0.3) is 0 Å². The lowest BCUT2D eigenvalue weighted by Crippen LogP contribution is -2.27. The fourth-order valence-electron chi connectivity index (χ4n) is 3.91. The molecule has 0 aliphatic carbocycles. The van der Waals surface area contributed by atoms with Gasteiger partial charge >= 0.3 is 5.97 Å². The molecule has 2 heterocycles. The topological polar surface area (TPSA) is 72.9 Å². The van der Waals surface area contributed by atoms with Crippen molar-refractivity contribution in [3.63, 3.8) is 0 Å². The zero-order valence-corrected chi connectivity index (χ0v) is 20.3. The van der Waals surface area contributed by atoms with Crippen molar-refractivity contribution >= 4 is 34.7 Å². The van der Waals surface area contributed by atoms with E-state index in [0.29, 0.717) is 22.2 Å². The Hall–Kier alpha value is -3.45. The molecule has 1 aliphatic rings. The number of aryl methyl sites for hydroxylation is 1. The fourth-order valence-corrected chi connectivity index (χ4v) is 4.56. The van der Waals surface area contributed by atoms with E-state index in [1.54, 1.807) is 22.4 Å². The van der Waals surface area contributed by atoms with Crippen LogP contribution in [0.2, 0.25) is 0 Å². The lowest BCUT2D eigenvalue weighted by Gasteiger charge is -2.18. The maximum absolute atomic E-state index is 12.6. The molecule has 7 heteroatoms. The number of anilines is 1. The highest BCUT2D eigenvalue weighted by molar-refractivity contribution is 7.12. The molecule has 0 bridgehead atoms. The minimum Gasteiger partial charge on any atom is -0.457 e. The average Bonchev–Trinajstić information content (AvgIpc) is 3.48. The Kier molecular flexibility index (Phi) is 7.12. The highest BCUT2D eigenvalue weighted by Gasteiger charge is 2.36. The number of rotatable bonds is 8. The number of benzene rings is 2. The summed E-state index contributed by atoms with van der Waals surface area (Å²) in [5.74, 6) is 0.303. The van der Waals surface area contributed by atoms with Gasteiger partial charge in [-0.2, -0.15) is 0 Å². The molecule has 0 spiro atoms. The molecule has 1 fully saturated rings. The van der Waals surface area contributed by atoms with Gasteiger partial charge in [-0.05, 0) is 65.7 Å². The third-order valence-electron chi connectivity index (χ3n) is 5.77. The molecule has 0 radical (unpaired) electrons. The van der Waals surface area contributed by atoms with Crippen molar-refractivity contribution in [2.75, 3.05) is 18.1 Å². The monoisotopic (exact) mass is 477 g/mol. The molecular formula is C27H27NO5S. The smallest absolute Gasteiger partial charge is 0.311 e. The lowest BCUT2D eigenvalue weighted by molar-refractivity contribution is -0.147. The van der Waals surface area contributed by atoms with Crippen LogP contribution in [-0.4, -0.2) is 30.8 Å². The summed E-state index contributed by atoms with van der Waals surface area (Å²) in [7, 11) is 0. The lowest BCUT2D eigenvalue weighted by atomic mass is 10.0. The Balaban J connectivity index is 1.37. The zero-order chi connectivity index (χ0) is 24.2. The Morgan fingerprint density at radius 2 is 1.88 bits per heavy atom. The summed E-state index contributed by atoms with van der Waals surface area (Å²) in [6.07, 6.45) is 0.0608. The molecule has 0 unspecified atom stereocenters. The Labute approximate surface area is 203 Å². The van der Waals surface area contributed by atoms with E-state index in [-0.39, 0.29) is 31.3 Å². The van der Waals surface area contributed by atoms with Crippen molar-refractivity contribution in [1.82, 2.24) is 0 Å². The normalized spacial score (nSPS) is 15.6. The van der Waals surface area contributed by atoms with Crippen LogP contribution in [-0.2, 0) is 14.3 Å². The Morgan fingerprint density at radius 3 is 2.56 bits per heavy atom. The van der Waals surface area contributed by atoms with Gasteiger partial charge < -0.3 is 14.4 Å². The molecule has 34 heavy (non-hydrogen) atoms. The van der Waals surface area contributed by atoms with Crippen LogP contribution in [0.1, 0.15) is 47.0 Å². The summed E-state index contributed by atoms with van der Waals surface area (Å²) in [6, 6.07) is 16.9. The van der Waals surface area contributed by atoms with E-state index in [1.807, 2.05) is 37.3 Å². The first-order chi connectivity index (χ1) is 16.3. The van der Waals surface area contributed by atoms with Gasteiger partial charge in [0.2, 0.25) is 11.7 Å². The number of amides is 1. The van der Waals surface area contributed by atoms with E-state index in [0.717, 1.165) is 16.9 Å². The minimum atomic E-state index is -0.597. The minimum absolute atomic E-state index is 0.0608. The molecule has 1 aliphatic heterocycles. The van der Waals surface area contributed by atoms with Crippen LogP contribution >= 0.6 is 11.3 Å². The number of carbonyl (C=O) groups excluding carboxylic acids is 3. The van der Waals surface area contributed by atoms with Gasteiger partial charge in [-0.15, -0.1) is 11.3 Å². The van der Waals surface area contributed by atoms with Crippen LogP contribution in [0.25, 0.3) is 0 Å². The van der Waals surface area contributed by atoms with Crippen molar-refractivity contribution < 1.29 is 23.9 Å². The molecule has 1 saturated heterocycles. The van der Waals surface area contributed by atoms with Gasteiger partial charge in [0.15, 0.2) is 6.61 Å². The summed E-state index contributed by atoms with van der Waals surface area (Å²) in [4.78, 5) is 39.2. The Morgan fingerprint density at radius 1 is 1.12 bits per heavy atom. The molecule has 4 rings (SSSR count). The molecule has 1 amide bonds. The van der Waals surface area contributed by atoms with Crippen LogP contribution < -0.4 is 9.64 Å². The second-order valence-corrected chi connectivity index (χ2v) is 9.65. The third kappa shape index (κ3) is 5.37. The molecular weight excluding hydrogens is 450 g/mol. The first-order valence-corrected chi connectivity index (χ1v) is 12.1. The fraction of sp³-hybridized carbons (Fsp3) is 0.296. The van der Waals surface area contributed by atoms with E-state index in [1.165, 1.54) is 11.3 Å². The van der Waals surface area contributed by atoms with Crippen LogP contribution in [0.15, 0.2) is 60.0 Å². The molecule has 6 nitrogen and oxygen atoms in total. The highest BCUT2D eigenvalue weighted by atomic mass is 32.1. The number of nitrogens with zero attached hydrogens (tertiary/aromatic N) is 1. The van der Waals surface area contributed by atoms with Crippen molar-refractivity contribution in [2.45, 2.75) is 33.1 Å². The van der Waals surface area contributed by atoms with Gasteiger partial charge in [0.05, 0.1) is 10.8 Å².